The molecular formula is C11H11N3O. The van der Waals surface area contributed by atoms with Gasteiger partial charge in [-0.3, -0.25) is 4.79 Å². The Balaban J connectivity index is 1.86. The van der Waals surface area contributed by atoms with Gasteiger partial charge >= 0.3 is 0 Å². The molecule has 4 nitrogen and oxygen atoms in total. The lowest BCUT2D eigenvalue weighted by molar-refractivity contribution is -0.121. The summed E-state index contributed by atoms with van der Waals surface area (Å²) in [7, 11) is 0. The van der Waals surface area contributed by atoms with Gasteiger partial charge in [-0.25, -0.2) is 0 Å². The van der Waals surface area contributed by atoms with Crippen LogP contribution in [0, 0.1) is 0 Å². The first-order valence-corrected chi connectivity index (χ1v) is 4.74. The lowest BCUT2D eigenvalue weighted by atomic mass is 10.2. The molecule has 0 aromatic heterocycles. The van der Waals surface area contributed by atoms with E-state index < -0.39 is 6.04 Å². The van der Waals surface area contributed by atoms with Crippen LogP contribution >= 0.6 is 0 Å². The molecule has 1 aliphatic heterocycles. The average molecular weight is 201 g/mol. The maximum atomic E-state index is 11.5. The molecule has 0 saturated heterocycles. The summed E-state index contributed by atoms with van der Waals surface area (Å²) in [5.41, 5.74) is 1.07. The number of amides is 1. The van der Waals surface area contributed by atoms with Gasteiger partial charge in [-0.15, -0.1) is 0 Å². The van der Waals surface area contributed by atoms with E-state index in [2.05, 4.69) is 15.5 Å². The molecule has 15 heavy (non-hydrogen) atoms. The molecule has 1 atom stereocenters. The lowest BCUT2D eigenvalue weighted by Gasteiger charge is -2.06. The van der Waals surface area contributed by atoms with E-state index in [1.54, 1.807) is 6.08 Å². The van der Waals surface area contributed by atoms with E-state index in [9.17, 15) is 4.79 Å². The minimum atomic E-state index is -0.450. The van der Waals surface area contributed by atoms with Crippen molar-refractivity contribution < 1.29 is 4.79 Å². The van der Waals surface area contributed by atoms with Gasteiger partial charge in [-0.1, -0.05) is 30.3 Å². The van der Waals surface area contributed by atoms with E-state index in [0.29, 0.717) is 6.54 Å². The number of hydrogen-bond donors (Lipinski definition) is 1. The Kier molecular flexibility index (Phi) is 2.88. The topological polar surface area (TPSA) is 53.8 Å². The quantitative estimate of drug-likeness (QED) is 0.794. The molecule has 0 unspecified atom stereocenters. The highest BCUT2D eigenvalue weighted by atomic mass is 16.2. The van der Waals surface area contributed by atoms with Crippen LogP contribution in [-0.4, -0.2) is 11.9 Å². The second kappa shape index (κ2) is 4.50. The number of carbonyl (C=O) groups excluding carboxylic acids is 1. The number of nitrogens with one attached hydrogen (secondary N) is 1. The molecule has 0 saturated carbocycles. The van der Waals surface area contributed by atoms with Gasteiger partial charge in [0.15, 0.2) is 6.04 Å². The van der Waals surface area contributed by atoms with Gasteiger partial charge in [0.25, 0.3) is 5.91 Å². The zero-order valence-electron chi connectivity index (χ0n) is 8.13. The second-order valence-electron chi connectivity index (χ2n) is 3.22. The molecule has 0 aliphatic carbocycles. The predicted octanol–water partition coefficient (Wildman–Crippen LogP) is 1.65. The van der Waals surface area contributed by atoms with E-state index in [1.807, 2.05) is 30.3 Å². The van der Waals surface area contributed by atoms with Gasteiger partial charge in [0, 0.05) is 12.7 Å². The van der Waals surface area contributed by atoms with Crippen molar-refractivity contribution in [2.45, 2.75) is 12.6 Å². The molecule has 0 radical (unpaired) electrons. The minimum Gasteiger partial charge on any atom is -0.350 e. The maximum Gasteiger partial charge on any atom is 0.251 e. The average Bonchev–Trinajstić information content (AvgIpc) is 2.81. The van der Waals surface area contributed by atoms with Gasteiger partial charge in [0.1, 0.15) is 0 Å². The molecular weight excluding hydrogens is 190 g/mol. The maximum absolute atomic E-state index is 11.5. The van der Waals surface area contributed by atoms with Gasteiger partial charge in [-0.05, 0) is 11.6 Å². The normalized spacial score (nSPS) is 18.0. The van der Waals surface area contributed by atoms with Crippen molar-refractivity contribution in [2.24, 2.45) is 10.2 Å². The zero-order chi connectivity index (χ0) is 10.5. The first kappa shape index (κ1) is 9.58. The van der Waals surface area contributed by atoms with Crippen molar-refractivity contribution in [1.29, 1.82) is 0 Å². The summed E-state index contributed by atoms with van der Waals surface area (Å²) in [5.74, 6) is -0.114. The van der Waals surface area contributed by atoms with Crippen LogP contribution in [0.1, 0.15) is 5.56 Å². The van der Waals surface area contributed by atoms with Gasteiger partial charge < -0.3 is 5.32 Å². The number of rotatable bonds is 3. The molecule has 0 spiro atoms. The fourth-order valence-electron chi connectivity index (χ4n) is 1.30. The summed E-state index contributed by atoms with van der Waals surface area (Å²) in [6.07, 6.45) is 3.20. The third-order valence-corrected chi connectivity index (χ3v) is 2.10. The largest absolute Gasteiger partial charge is 0.350 e. The zero-order valence-corrected chi connectivity index (χ0v) is 8.13. The fraction of sp³-hybridized carbons (Fsp3) is 0.182. The van der Waals surface area contributed by atoms with Crippen LogP contribution in [-0.2, 0) is 11.3 Å². The molecule has 76 valence electrons. The summed E-state index contributed by atoms with van der Waals surface area (Å²) in [6.45, 7) is 0.527. The standard InChI is InChI=1S/C11H11N3O/c15-11(10-6-7-13-14-10)12-8-9-4-2-1-3-5-9/h1-7,10H,8H2,(H,12,15)/t10-/m0/s1. The molecule has 1 heterocycles. The van der Waals surface area contributed by atoms with Gasteiger partial charge in [-0.2, -0.15) is 10.2 Å². The van der Waals surface area contributed by atoms with Crippen molar-refractivity contribution in [1.82, 2.24) is 5.32 Å². The van der Waals surface area contributed by atoms with E-state index >= 15 is 0 Å². The number of hydrogen-bond acceptors (Lipinski definition) is 3. The first-order valence-electron chi connectivity index (χ1n) is 4.74. The van der Waals surface area contributed by atoms with E-state index in [-0.39, 0.29) is 5.91 Å². The molecule has 0 bridgehead atoms. The molecule has 1 aliphatic rings. The van der Waals surface area contributed by atoms with Crippen molar-refractivity contribution in [3.05, 3.63) is 48.2 Å². The molecule has 2 rings (SSSR count). The van der Waals surface area contributed by atoms with Crippen LogP contribution in [0.4, 0.5) is 0 Å². The number of benzene rings is 1. The van der Waals surface area contributed by atoms with Crippen molar-refractivity contribution >= 4 is 5.91 Å². The Bertz CT molecular complexity index is 386. The number of nitrogens with zero attached hydrogens (tertiary/aromatic N) is 2. The SMILES string of the molecule is O=C(NCc1ccccc1)[C@@H]1C=CN=N1. The summed E-state index contributed by atoms with van der Waals surface area (Å²) < 4.78 is 0. The molecule has 1 N–H and O–H groups in total. The Labute approximate surface area is 87.7 Å². The summed E-state index contributed by atoms with van der Waals surface area (Å²) in [6, 6.07) is 9.30. The van der Waals surface area contributed by atoms with Crippen molar-refractivity contribution in [2.75, 3.05) is 0 Å². The van der Waals surface area contributed by atoms with Crippen molar-refractivity contribution in [3.63, 3.8) is 0 Å². The molecule has 1 amide bonds. The van der Waals surface area contributed by atoms with Crippen LogP contribution < -0.4 is 5.32 Å². The highest BCUT2D eigenvalue weighted by Crippen LogP contribution is 2.04. The van der Waals surface area contributed by atoms with E-state index in [1.165, 1.54) is 6.20 Å². The number of carbonyl (C=O) groups is 1. The smallest absolute Gasteiger partial charge is 0.251 e. The Hall–Kier alpha value is -1.97. The fourth-order valence-corrected chi connectivity index (χ4v) is 1.30. The van der Waals surface area contributed by atoms with Crippen LogP contribution in [0.2, 0.25) is 0 Å². The van der Waals surface area contributed by atoms with Crippen LogP contribution in [0.25, 0.3) is 0 Å². The highest BCUT2D eigenvalue weighted by Gasteiger charge is 2.15. The third kappa shape index (κ3) is 2.49. The Morgan fingerprint density at radius 2 is 2.13 bits per heavy atom. The van der Waals surface area contributed by atoms with E-state index in [4.69, 9.17) is 0 Å². The Morgan fingerprint density at radius 3 is 2.80 bits per heavy atom. The molecule has 0 fully saturated rings. The lowest BCUT2D eigenvalue weighted by Crippen LogP contribution is -2.30. The molecule has 1 aromatic carbocycles. The van der Waals surface area contributed by atoms with Crippen LogP contribution in [0.3, 0.4) is 0 Å². The Morgan fingerprint density at radius 1 is 1.33 bits per heavy atom. The molecule has 1 aromatic rings. The van der Waals surface area contributed by atoms with Crippen molar-refractivity contribution in [3.8, 4) is 0 Å². The summed E-state index contributed by atoms with van der Waals surface area (Å²) >= 11 is 0. The van der Waals surface area contributed by atoms with Crippen LogP contribution in [0.15, 0.2) is 52.8 Å². The van der Waals surface area contributed by atoms with E-state index in [0.717, 1.165) is 5.56 Å². The summed E-state index contributed by atoms with van der Waals surface area (Å²) in [4.78, 5) is 11.5. The predicted molar refractivity (Wildman–Crippen MR) is 56.1 cm³/mol. The second-order valence-corrected chi connectivity index (χ2v) is 3.22. The first-order chi connectivity index (χ1) is 7.36. The van der Waals surface area contributed by atoms with Gasteiger partial charge in [0.2, 0.25) is 0 Å². The van der Waals surface area contributed by atoms with Gasteiger partial charge in [0.05, 0.1) is 0 Å². The highest BCUT2D eigenvalue weighted by molar-refractivity contribution is 5.84. The molecule has 4 heteroatoms. The minimum absolute atomic E-state index is 0.114. The van der Waals surface area contributed by atoms with Crippen LogP contribution in [0.5, 0.6) is 0 Å². The third-order valence-electron chi connectivity index (χ3n) is 2.10. The summed E-state index contributed by atoms with van der Waals surface area (Å²) in [5, 5.41) is 10.2. The number of azo groups is 1. The monoisotopic (exact) mass is 201 g/mol.